The van der Waals surface area contributed by atoms with E-state index in [4.69, 9.17) is 4.74 Å². The smallest absolute Gasteiger partial charge is 0.227 e. The van der Waals surface area contributed by atoms with Crippen LogP contribution in [0.25, 0.3) is 0 Å². The summed E-state index contributed by atoms with van der Waals surface area (Å²) in [6.45, 7) is 2.24. The fraction of sp³-hybridized carbons (Fsp3) is 0.611. The highest BCUT2D eigenvalue weighted by Gasteiger charge is 2.25. The van der Waals surface area contributed by atoms with Crippen LogP contribution in [0, 0.1) is 11.8 Å². The van der Waals surface area contributed by atoms with E-state index in [1.54, 1.807) is 7.11 Å². The average molecular weight is 289 g/mol. The van der Waals surface area contributed by atoms with Gasteiger partial charge in [-0.2, -0.15) is 0 Å². The van der Waals surface area contributed by atoms with Crippen molar-refractivity contribution in [1.82, 2.24) is 0 Å². The molecule has 0 aliphatic heterocycles. The normalized spacial score (nSPS) is 21.8. The van der Waals surface area contributed by atoms with E-state index in [1.165, 1.54) is 32.1 Å². The molecule has 0 bridgehead atoms. The topological polar surface area (TPSA) is 38.3 Å². The van der Waals surface area contributed by atoms with Crippen molar-refractivity contribution in [3.8, 4) is 5.75 Å². The Hall–Kier alpha value is -1.51. The lowest BCUT2D eigenvalue weighted by atomic mass is 9.79. The summed E-state index contributed by atoms with van der Waals surface area (Å²) in [5.74, 6) is 1.95. The Bertz CT molecular complexity index is 450. The summed E-state index contributed by atoms with van der Waals surface area (Å²) < 4.78 is 5.18. The van der Waals surface area contributed by atoms with Crippen molar-refractivity contribution < 1.29 is 9.53 Å². The molecular formula is C18H27NO2. The number of hydrogen-bond acceptors (Lipinski definition) is 2. The Labute approximate surface area is 128 Å². The minimum absolute atomic E-state index is 0.164. The van der Waals surface area contributed by atoms with Crippen LogP contribution in [-0.2, 0) is 4.79 Å². The van der Waals surface area contributed by atoms with Crippen molar-refractivity contribution in [1.29, 1.82) is 0 Å². The first kappa shape index (κ1) is 15.9. The molecule has 0 heterocycles. The van der Waals surface area contributed by atoms with Crippen LogP contribution in [0.2, 0.25) is 0 Å². The molecule has 1 amide bonds. The quantitative estimate of drug-likeness (QED) is 0.829. The molecule has 1 N–H and O–H groups in total. The van der Waals surface area contributed by atoms with Crippen LogP contribution in [0.3, 0.4) is 0 Å². The van der Waals surface area contributed by atoms with Crippen molar-refractivity contribution in [3.05, 3.63) is 24.3 Å². The molecule has 0 aromatic heterocycles. The zero-order valence-corrected chi connectivity index (χ0v) is 13.2. The molecule has 3 heteroatoms. The van der Waals surface area contributed by atoms with Gasteiger partial charge in [0.25, 0.3) is 0 Å². The van der Waals surface area contributed by atoms with Crippen molar-refractivity contribution in [2.45, 2.75) is 51.9 Å². The van der Waals surface area contributed by atoms with Crippen molar-refractivity contribution in [2.24, 2.45) is 11.8 Å². The van der Waals surface area contributed by atoms with E-state index >= 15 is 0 Å². The molecular weight excluding hydrogens is 262 g/mol. The van der Waals surface area contributed by atoms with E-state index < -0.39 is 0 Å². The zero-order valence-electron chi connectivity index (χ0n) is 13.2. The Balaban J connectivity index is 1.81. The standard InChI is InChI=1S/C18H27NO2/c1-3-4-6-14-9-11-15(12-10-14)18(20)19-16-7-5-8-17(13-16)21-2/h5,7-8,13-15H,3-4,6,9-12H2,1-2H3,(H,19,20). The molecule has 0 radical (unpaired) electrons. The van der Waals surface area contributed by atoms with Crippen LogP contribution in [-0.4, -0.2) is 13.0 Å². The highest BCUT2D eigenvalue weighted by Crippen LogP contribution is 2.32. The predicted octanol–water partition coefficient (Wildman–Crippen LogP) is 4.63. The summed E-state index contributed by atoms with van der Waals surface area (Å²) in [5, 5.41) is 3.03. The predicted molar refractivity (Wildman–Crippen MR) is 86.6 cm³/mol. The van der Waals surface area contributed by atoms with Crippen LogP contribution in [0.5, 0.6) is 5.75 Å². The van der Waals surface area contributed by atoms with Gasteiger partial charge >= 0.3 is 0 Å². The average Bonchev–Trinajstić information content (AvgIpc) is 2.53. The molecule has 1 aromatic rings. The van der Waals surface area contributed by atoms with E-state index in [0.29, 0.717) is 0 Å². The number of anilines is 1. The Morgan fingerprint density at radius 3 is 2.71 bits per heavy atom. The monoisotopic (exact) mass is 289 g/mol. The first-order valence-electron chi connectivity index (χ1n) is 8.17. The van der Waals surface area contributed by atoms with Crippen LogP contribution >= 0.6 is 0 Å². The molecule has 0 atom stereocenters. The van der Waals surface area contributed by atoms with Gasteiger partial charge in [-0.1, -0.05) is 32.3 Å². The number of rotatable bonds is 6. The molecule has 0 saturated heterocycles. The maximum Gasteiger partial charge on any atom is 0.227 e. The van der Waals surface area contributed by atoms with Crippen LogP contribution < -0.4 is 10.1 Å². The van der Waals surface area contributed by atoms with Gasteiger partial charge < -0.3 is 10.1 Å². The highest BCUT2D eigenvalue weighted by atomic mass is 16.5. The molecule has 21 heavy (non-hydrogen) atoms. The second kappa shape index (κ2) is 8.06. The van der Waals surface area contributed by atoms with Gasteiger partial charge in [0, 0.05) is 17.7 Å². The summed E-state index contributed by atoms with van der Waals surface area (Å²) in [7, 11) is 1.64. The van der Waals surface area contributed by atoms with Crippen LogP contribution in [0.15, 0.2) is 24.3 Å². The fourth-order valence-corrected chi connectivity index (χ4v) is 3.15. The molecule has 0 spiro atoms. The molecule has 0 unspecified atom stereocenters. The van der Waals surface area contributed by atoms with Gasteiger partial charge in [-0.25, -0.2) is 0 Å². The van der Waals surface area contributed by atoms with Gasteiger partial charge in [-0.15, -0.1) is 0 Å². The fourth-order valence-electron chi connectivity index (χ4n) is 3.15. The number of hydrogen-bond donors (Lipinski definition) is 1. The van der Waals surface area contributed by atoms with Gasteiger partial charge in [0.15, 0.2) is 0 Å². The molecule has 1 saturated carbocycles. The third kappa shape index (κ3) is 4.76. The molecule has 1 aliphatic rings. The number of nitrogens with one attached hydrogen (secondary N) is 1. The summed E-state index contributed by atoms with van der Waals surface area (Å²) in [4.78, 5) is 12.3. The minimum Gasteiger partial charge on any atom is -0.497 e. The Morgan fingerprint density at radius 1 is 1.29 bits per heavy atom. The van der Waals surface area contributed by atoms with Gasteiger partial charge in [-0.3, -0.25) is 4.79 Å². The lowest BCUT2D eigenvalue weighted by Gasteiger charge is -2.27. The van der Waals surface area contributed by atoms with Crippen LogP contribution in [0.4, 0.5) is 5.69 Å². The molecule has 3 nitrogen and oxygen atoms in total. The van der Waals surface area contributed by atoms with Crippen molar-refractivity contribution in [3.63, 3.8) is 0 Å². The third-order valence-corrected chi connectivity index (χ3v) is 4.52. The minimum atomic E-state index is 0.164. The first-order chi connectivity index (χ1) is 10.2. The maximum absolute atomic E-state index is 12.3. The van der Waals surface area contributed by atoms with Crippen LogP contribution in [0.1, 0.15) is 51.9 Å². The lowest BCUT2D eigenvalue weighted by molar-refractivity contribution is -0.121. The Morgan fingerprint density at radius 2 is 2.05 bits per heavy atom. The maximum atomic E-state index is 12.3. The second-order valence-electron chi connectivity index (χ2n) is 6.08. The van der Waals surface area contributed by atoms with Crippen molar-refractivity contribution in [2.75, 3.05) is 12.4 Å². The van der Waals surface area contributed by atoms with E-state index in [0.717, 1.165) is 30.2 Å². The summed E-state index contributed by atoms with van der Waals surface area (Å²) in [6, 6.07) is 7.56. The number of carbonyl (C=O) groups excluding carboxylic acids is 1. The number of benzene rings is 1. The number of amides is 1. The summed E-state index contributed by atoms with van der Waals surface area (Å²) in [6.07, 6.45) is 8.41. The van der Waals surface area contributed by atoms with E-state index in [2.05, 4.69) is 12.2 Å². The molecule has 1 fully saturated rings. The molecule has 1 aromatic carbocycles. The summed E-state index contributed by atoms with van der Waals surface area (Å²) in [5.41, 5.74) is 0.826. The van der Waals surface area contributed by atoms with Gasteiger partial charge in [0.1, 0.15) is 5.75 Å². The first-order valence-corrected chi connectivity index (χ1v) is 8.17. The zero-order chi connectivity index (χ0) is 15.1. The van der Waals surface area contributed by atoms with Gasteiger partial charge in [-0.05, 0) is 43.7 Å². The molecule has 116 valence electrons. The molecule has 1 aliphatic carbocycles. The number of unbranched alkanes of at least 4 members (excludes halogenated alkanes) is 1. The lowest BCUT2D eigenvalue weighted by Crippen LogP contribution is -2.27. The largest absolute Gasteiger partial charge is 0.497 e. The summed E-state index contributed by atoms with van der Waals surface area (Å²) >= 11 is 0. The number of ether oxygens (including phenoxy) is 1. The van der Waals surface area contributed by atoms with E-state index in [-0.39, 0.29) is 11.8 Å². The second-order valence-corrected chi connectivity index (χ2v) is 6.08. The molecule has 2 rings (SSSR count). The van der Waals surface area contributed by atoms with Gasteiger partial charge in [0.2, 0.25) is 5.91 Å². The highest BCUT2D eigenvalue weighted by molar-refractivity contribution is 5.92. The Kier molecular flexibility index (Phi) is 6.09. The van der Waals surface area contributed by atoms with Gasteiger partial charge in [0.05, 0.1) is 7.11 Å². The van der Waals surface area contributed by atoms with E-state index in [9.17, 15) is 4.79 Å². The van der Waals surface area contributed by atoms with E-state index in [1.807, 2.05) is 24.3 Å². The SMILES string of the molecule is CCCCC1CCC(C(=O)Nc2cccc(OC)c2)CC1. The number of carbonyl (C=O) groups is 1. The number of methoxy groups -OCH3 is 1. The third-order valence-electron chi connectivity index (χ3n) is 4.52. The van der Waals surface area contributed by atoms with Crippen molar-refractivity contribution >= 4 is 11.6 Å².